The average molecular weight is 550 g/mol. The van der Waals surface area contributed by atoms with Crippen LogP contribution in [0.1, 0.15) is 22.4 Å². The summed E-state index contributed by atoms with van der Waals surface area (Å²) in [4.78, 5) is 4.25. The zero-order valence-electron chi connectivity index (χ0n) is 19.0. The summed E-state index contributed by atoms with van der Waals surface area (Å²) >= 11 is 6.00. The third-order valence-corrected chi connectivity index (χ3v) is 6.87. The lowest BCUT2D eigenvalue weighted by molar-refractivity contribution is -0.137. The Hall–Kier alpha value is -3.47. The summed E-state index contributed by atoms with van der Waals surface area (Å²) in [6, 6.07) is 21.1. The predicted octanol–water partition coefficient (Wildman–Crippen LogP) is 6.33. The number of rotatable bonds is 8. The smallest absolute Gasteiger partial charge is 0.271 e. The van der Waals surface area contributed by atoms with Crippen molar-refractivity contribution in [3.63, 3.8) is 0 Å². The number of anilines is 1. The Kier molecular flexibility index (Phi) is 7.54. The second kappa shape index (κ2) is 10.5. The van der Waals surface area contributed by atoms with Gasteiger partial charge in [-0.15, -0.1) is 0 Å². The molecule has 3 aromatic carbocycles. The van der Waals surface area contributed by atoms with Gasteiger partial charge in [0.2, 0.25) is 0 Å². The number of benzene rings is 3. The molecule has 0 saturated heterocycles. The largest absolute Gasteiger partial charge is 0.416 e. The molecular weight excluding hydrogens is 530 g/mol. The zero-order valence-corrected chi connectivity index (χ0v) is 20.6. The van der Waals surface area contributed by atoms with Gasteiger partial charge in [-0.2, -0.15) is 26.3 Å². The van der Waals surface area contributed by atoms with Crippen LogP contribution in [0.15, 0.2) is 97.2 Å². The van der Waals surface area contributed by atoms with Crippen molar-refractivity contribution in [2.24, 2.45) is 0 Å². The van der Waals surface area contributed by atoms with Crippen LogP contribution in [0.5, 0.6) is 0 Å². The minimum absolute atomic E-state index is 0.0120. The molecule has 0 spiro atoms. The third kappa shape index (κ3) is 6.46. The van der Waals surface area contributed by atoms with Crippen LogP contribution < -0.4 is 9.44 Å². The molecule has 4 rings (SSSR count). The Morgan fingerprint density at radius 1 is 0.838 bits per heavy atom. The minimum atomic E-state index is -4.88. The van der Waals surface area contributed by atoms with Crippen molar-refractivity contribution in [1.82, 2.24) is 9.71 Å². The maximum atomic E-state index is 14.7. The molecule has 37 heavy (non-hydrogen) atoms. The molecule has 0 saturated carbocycles. The van der Waals surface area contributed by atoms with E-state index in [1.165, 1.54) is 30.5 Å². The monoisotopic (exact) mass is 549 g/mol. The Morgan fingerprint density at radius 3 is 2.05 bits per heavy atom. The van der Waals surface area contributed by atoms with Crippen LogP contribution in [0.4, 0.5) is 23.2 Å². The quantitative estimate of drug-likeness (QED) is 0.252. The minimum Gasteiger partial charge on any atom is -0.271 e. The summed E-state index contributed by atoms with van der Waals surface area (Å²) in [6.45, 7) is 0. The lowest BCUT2D eigenvalue weighted by Gasteiger charge is -2.35. The number of halogens is 5. The van der Waals surface area contributed by atoms with Crippen LogP contribution in [-0.2, 0) is 28.3 Å². The lowest BCUT2D eigenvalue weighted by atomic mass is 9.81. The molecule has 0 radical (unpaired) electrons. The maximum Gasteiger partial charge on any atom is 0.416 e. The molecule has 1 atom stereocenters. The Morgan fingerprint density at radius 2 is 1.46 bits per heavy atom. The fourth-order valence-corrected chi connectivity index (χ4v) is 5.30. The van der Waals surface area contributed by atoms with Gasteiger partial charge in [-0.3, -0.25) is 9.71 Å². The highest BCUT2D eigenvalue weighted by molar-refractivity contribution is 7.90. The summed E-state index contributed by atoms with van der Waals surface area (Å²) < 4.78 is 87.4. The number of nitrogens with one attached hydrogen (secondary N) is 2. The van der Waals surface area contributed by atoms with E-state index in [4.69, 9.17) is 11.6 Å². The first-order chi connectivity index (χ1) is 17.5. The zero-order chi connectivity index (χ0) is 26.7. The summed E-state index contributed by atoms with van der Waals surface area (Å²) in [5, 5.41) is 0.220. The van der Waals surface area contributed by atoms with Crippen molar-refractivity contribution in [2.75, 3.05) is 4.72 Å². The number of nitrogens with zero attached hydrogens (tertiary/aromatic N) is 1. The van der Waals surface area contributed by atoms with Gasteiger partial charge in [-0.05, 0) is 53.6 Å². The number of para-hydroxylation sites is 1. The molecule has 5 nitrogen and oxygen atoms in total. The number of hydrogen-bond acceptors (Lipinski definition) is 3. The molecule has 0 bridgehead atoms. The van der Waals surface area contributed by atoms with Crippen molar-refractivity contribution in [3.05, 3.63) is 130 Å². The molecule has 4 aromatic rings. The topological polar surface area (TPSA) is 71.1 Å². The van der Waals surface area contributed by atoms with Crippen molar-refractivity contribution in [2.45, 2.75) is 18.1 Å². The molecule has 0 fully saturated rings. The maximum absolute atomic E-state index is 14.7. The van der Waals surface area contributed by atoms with Crippen molar-refractivity contribution in [3.8, 4) is 0 Å². The summed E-state index contributed by atoms with van der Waals surface area (Å²) in [5.41, 5.74) is -2.75. The van der Waals surface area contributed by atoms with Crippen LogP contribution in [0.2, 0.25) is 5.02 Å². The molecule has 2 N–H and O–H groups in total. The highest BCUT2D eigenvalue weighted by atomic mass is 35.5. The van der Waals surface area contributed by atoms with Gasteiger partial charge in [-0.1, -0.05) is 60.1 Å². The van der Waals surface area contributed by atoms with E-state index in [9.17, 15) is 26.0 Å². The normalized spacial score (nSPS) is 13.6. The van der Waals surface area contributed by atoms with Gasteiger partial charge in [0, 0.05) is 18.3 Å². The van der Waals surface area contributed by atoms with Crippen molar-refractivity contribution >= 4 is 27.5 Å². The first kappa shape index (κ1) is 26.6. The molecule has 0 amide bonds. The van der Waals surface area contributed by atoms with Gasteiger partial charge in [0.1, 0.15) is 11.4 Å². The van der Waals surface area contributed by atoms with E-state index in [2.05, 4.69) is 14.4 Å². The van der Waals surface area contributed by atoms with Crippen LogP contribution in [-0.4, -0.2) is 13.4 Å². The van der Waals surface area contributed by atoms with Crippen molar-refractivity contribution < 1.29 is 26.0 Å². The fourth-order valence-electron chi connectivity index (χ4n) is 3.93. The van der Waals surface area contributed by atoms with Crippen LogP contribution in [0.25, 0.3) is 0 Å². The van der Waals surface area contributed by atoms with Gasteiger partial charge in [0.15, 0.2) is 0 Å². The molecule has 0 aliphatic carbocycles. The van der Waals surface area contributed by atoms with E-state index >= 15 is 0 Å². The van der Waals surface area contributed by atoms with E-state index in [1.807, 2.05) is 0 Å². The molecule has 192 valence electrons. The number of hydrogen-bond donors (Lipinski definition) is 2. The SMILES string of the molecule is O=S(=O)(Nc1ccccc1)NC(Cc1ccccc1)(c1cc(F)cc(C(F)(F)F)c1)c1ccc(Cl)cn1. The van der Waals surface area contributed by atoms with Crippen LogP contribution in [0, 0.1) is 5.82 Å². The van der Waals surface area contributed by atoms with E-state index in [1.54, 1.807) is 48.5 Å². The first-order valence-electron chi connectivity index (χ1n) is 10.9. The van der Waals surface area contributed by atoms with Crippen LogP contribution in [0.3, 0.4) is 0 Å². The predicted molar refractivity (Wildman–Crippen MR) is 134 cm³/mol. The summed E-state index contributed by atoms with van der Waals surface area (Å²) in [5.74, 6) is -1.19. The Balaban J connectivity index is 1.97. The van der Waals surface area contributed by atoms with Gasteiger partial charge in [0.25, 0.3) is 10.2 Å². The van der Waals surface area contributed by atoms with E-state index in [-0.39, 0.29) is 28.4 Å². The lowest BCUT2D eigenvalue weighted by Crippen LogP contribution is -2.51. The fraction of sp³-hybridized carbons (Fsp3) is 0.115. The molecule has 0 aliphatic heterocycles. The molecule has 1 aromatic heterocycles. The summed E-state index contributed by atoms with van der Waals surface area (Å²) in [7, 11) is -4.46. The van der Waals surface area contributed by atoms with Gasteiger partial charge >= 0.3 is 6.18 Å². The van der Waals surface area contributed by atoms with Gasteiger partial charge in [0.05, 0.1) is 16.3 Å². The highest BCUT2D eigenvalue weighted by Gasteiger charge is 2.42. The van der Waals surface area contributed by atoms with E-state index in [0.29, 0.717) is 17.7 Å². The first-order valence-corrected chi connectivity index (χ1v) is 12.7. The van der Waals surface area contributed by atoms with Gasteiger partial charge < -0.3 is 0 Å². The molecule has 11 heteroatoms. The number of pyridine rings is 1. The second-order valence-corrected chi connectivity index (χ2v) is 10.1. The van der Waals surface area contributed by atoms with Gasteiger partial charge in [-0.25, -0.2) is 4.39 Å². The van der Waals surface area contributed by atoms with E-state index < -0.39 is 33.3 Å². The Labute approximate surface area is 216 Å². The third-order valence-electron chi connectivity index (χ3n) is 5.53. The number of alkyl halides is 3. The number of aromatic nitrogens is 1. The molecule has 1 heterocycles. The van der Waals surface area contributed by atoms with Crippen molar-refractivity contribution in [1.29, 1.82) is 0 Å². The molecule has 0 aliphatic rings. The average Bonchev–Trinajstić information content (AvgIpc) is 2.84. The van der Waals surface area contributed by atoms with Crippen LogP contribution >= 0.6 is 11.6 Å². The standard InChI is InChI=1S/C26H20ClF4N3O2S/c27-21-11-12-24(32-17-21)25(16-18-7-3-1-4-8-18,19-13-20(26(29,30)31)15-22(28)14-19)34-37(35,36)33-23-9-5-2-6-10-23/h1-15,17,33-34H,16H2. The molecule has 1 unspecified atom stereocenters. The van der Waals surface area contributed by atoms with E-state index in [0.717, 1.165) is 6.07 Å². The second-order valence-electron chi connectivity index (χ2n) is 8.23. The molecular formula is C26H20ClF4N3O2S. The summed E-state index contributed by atoms with van der Waals surface area (Å²) in [6.07, 6.45) is -3.84. The highest BCUT2D eigenvalue weighted by Crippen LogP contribution is 2.38. The Bertz CT molecular complexity index is 1470.